The summed E-state index contributed by atoms with van der Waals surface area (Å²) < 4.78 is 0. The fraction of sp³-hybridized carbons (Fsp3) is 0.917. The van der Waals surface area contributed by atoms with Crippen LogP contribution in [0.5, 0.6) is 0 Å². The Morgan fingerprint density at radius 1 is 1.50 bits per heavy atom. The minimum atomic E-state index is -0.373. The van der Waals surface area contributed by atoms with Crippen LogP contribution in [0.15, 0.2) is 0 Å². The van der Waals surface area contributed by atoms with E-state index in [-0.39, 0.29) is 12.1 Å². The van der Waals surface area contributed by atoms with Crippen molar-refractivity contribution in [1.82, 2.24) is 5.32 Å². The standard InChI is InChI=1S/C12H24N2OS/c1-4-14-12(3,10-13)7-5-6-8-16-11(2)9-15/h11,14-15H,4-9H2,1-3H3. The van der Waals surface area contributed by atoms with Crippen LogP contribution in [0.25, 0.3) is 0 Å². The molecule has 0 aliphatic carbocycles. The Hall–Kier alpha value is -0.240. The highest BCUT2D eigenvalue weighted by molar-refractivity contribution is 7.99. The number of thioether (sulfide) groups is 1. The summed E-state index contributed by atoms with van der Waals surface area (Å²) in [7, 11) is 0. The van der Waals surface area contributed by atoms with Gasteiger partial charge in [-0.25, -0.2) is 0 Å². The van der Waals surface area contributed by atoms with Crippen LogP contribution in [0.4, 0.5) is 0 Å². The molecule has 94 valence electrons. The maximum absolute atomic E-state index is 9.05. The molecule has 2 atom stereocenters. The van der Waals surface area contributed by atoms with Crippen molar-refractivity contribution < 1.29 is 5.11 Å². The van der Waals surface area contributed by atoms with Gasteiger partial charge >= 0.3 is 0 Å². The van der Waals surface area contributed by atoms with E-state index >= 15 is 0 Å². The molecule has 0 saturated carbocycles. The second kappa shape index (κ2) is 8.86. The van der Waals surface area contributed by atoms with E-state index in [0.29, 0.717) is 5.25 Å². The van der Waals surface area contributed by atoms with Gasteiger partial charge in [0, 0.05) is 5.25 Å². The van der Waals surface area contributed by atoms with Gasteiger partial charge in [-0.1, -0.05) is 13.8 Å². The van der Waals surface area contributed by atoms with E-state index in [4.69, 9.17) is 10.4 Å². The first-order valence-corrected chi connectivity index (χ1v) is 7.01. The number of hydrogen-bond acceptors (Lipinski definition) is 4. The normalized spacial score (nSPS) is 16.4. The Morgan fingerprint density at radius 3 is 2.69 bits per heavy atom. The molecule has 3 nitrogen and oxygen atoms in total. The fourth-order valence-corrected chi connectivity index (χ4v) is 2.37. The van der Waals surface area contributed by atoms with Crippen LogP contribution >= 0.6 is 11.8 Å². The molecular weight excluding hydrogens is 220 g/mol. The van der Waals surface area contributed by atoms with Crippen LogP contribution < -0.4 is 5.32 Å². The van der Waals surface area contributed by atoms with Crippen molar-refractivity contribution in [3.05, 3.63) is 0 Å². The van der Waals surface area contributed by atoms with E-state index in [2.05, 4.69) is 11.4 Å². The molecule has 4 heteroatoms. The molecule has 2 unspecified atom stereocenters. The molecule has 0 fully saturated rings. The van der Waals surface area contributed by atoms with Crippen molar-refractivity contribution in [2.24, 2.45) is 0 Å². The summed E-state index contributed by atoms with van der Waals surface area (Å²) in [5.41, 5.74) is -0.373. The molecule has 2 N–H and O–H groups in total. The summed E-state index contributed by atoms with van der Waals surface area (Å²) in [5.74, 6) is 1.06. The van der Waals surface area contributed by atoms with Crippen molar-refractivity contribution in [2.75, 3.05) is 18.9 Å². The summed E-state index contributed by atoms with van der Waals surface area (Å²) in [6.45, 7) is 7.09. The molecule has 0 rings (SSSR count). The number of nitrogens with zero attached hydrogens (tertiary/aromatic N) is 1. The second-order valence-electron chi connectivity index (χ2n) is 4.30. The molecular formula is C12H24N2OS. The first-order chi connectivity index (χ1) is 7.58. The van der Waals surface area contributed by atoms with Crippen molar-refractivity contribution in [1.29, 1.82) is 5.26 Å². The third-order valence-corrected chi connectivity index (χ3v) is 3.79. The molecule has 0 spiro atoms. The molecule has 0 saturated heterocycles. The molecule has 0 heterocycles. The van der Waals surface area contributed by atoms with E-state index < -0.39 is 0 Å². The first-order valence-electron chi connectivity index (χ1n) is 5.96. The van der Waals surface area contributed by atoms with Crippen molar-refractivity contribution in [2.45, 2.75) is 50.8 Å². The van der Waals surface area contributed by atoms with Gasteiger partial charge in [0.15, 0.2) is 0 Å². The van der Waals surface area contributed by atoms with Crippen LogP contribution in [-0.2, 0) is 0 Å². The number of aliphatic hydroxyl groups excluding tert-OH is 1. The fourth-order valence-electron chi connectivity index (χ4n) is 1.49. The average molecular weight is 244 g/mol. The third kappa shape index (κ3) is 7.10. The zero-order valence-corrected chi connectivity index (χ0v) is 11.4. The number of rotatable bonds is 9. The monoisotopic (exact) mass is 244 g/mol. The summed E-state index contributed by atoms with van der Waals surface area (Å²) in [4.78, 5) is 0. The summed E-state index contributed by atoms with van der Waals surface area (Å²) in [6, 6.07) is 2.33. The van der Waals surface area contributed by atoms with Gasteiger partial charge in [0.05, 0.1) is 12.7 Å². The van der Waals surface area contributed by atoms with Gasteiger partial charge in [-0.15, -0.1) is 0 Å². The Kier molecular flexibility index (Phi) is 8.73. The summed E-state index contributed by atoms with van der Waals surface area (Å²) in [5, 5.41) is 21.4. The highest BCUT2D eigenvalue weighted by Gasteiger charge is 2.20. The van der Waals surface area contributed by atoms with E-state index in [1.807, 2.05) is 20.8 Å². The van der Waals surface area contributed by atoms with Crippen LogP contribution in [-0.4, -0.2) is 34.8 Å². The Balaban J connectivity index is 3.61. The predicted octanol–water partition coefficient (Wildman–Crippen LogP) is 2.16. The highest BCUT2D eigenvalue weighted by Crippen LogP contribution is 2.16. The number of nitrogens with one attached hydrogen (secondary N) is 1. The van der Waals surface area contributed by atoms with Crippen LogP contribution in [0.2, 0.25) is 0 Å². The van der Waals surface area contributed by atoms with Crippen LogP contribution in [0.3, 0.4) is 0 Å². The lowest BCUT2D eigenvalue weighted by atomic mass is 9.97. The number of hydrogen-bond donors (Lipinski definition) is 2. The van der Waals surface area contributed by atoms with Crippen LogP contribution in [0.1, 0.15) is 40.0 Å². The minimum Gasteiger partial charge on any atom is -0.395 e. The third-order valence-electron chi connectivity index (χ3n) is 2.54. The van der Waals surface area contributed by atoms with Gasteiger partial charge < -0.3 is 5.11 Å². The molecule has 0 amide bonds. The summed E-state index contributed by atoms with van der Waals surface area (Å²) >= 11 is 1.79. The molecule has 0 aromatic rings. The van der Waals surface area contributed by atoms with Crippen molar-refractivity contribution >= 4 is 11.8 Å². The van der Waals surface area contributed by atoms with Crippen molar-refractivity contribution in [3.63, 3.8) is 0 Å². The largest absolute Gasteiger partial charge is 0.395 e. The molecule has 0 aliphatic rings. The van der Waals surface area contributed by atoms with Gasteiger partial charge in [-0.3, -0.25) is 5.32 Å². The van der Waals surface area contributed by atoms with Crippen molar-refractivity contribution in [3.8, 4) is 6.07 Å². The zero-order chi connectivity index (χ0) is 12.4. The Bertz CT molecular complexity index is 218. The second-order valence-corrected chi connectivity index (χ2v) is 5.84. The van der Waals surface area contributed by atoms with Gasteiger partial charge in [0.2, 0.25) is 0 Å². The van der Waals surface area contributed by atoms with Gasteiger partial charge in [0.25, 0.3) is 0 Å². The molecule has 16 heavy (non-hydrogen) atoms. The zero-order valence-electron chi connectivity index (χ0n) is 10.6. The number of unbranched alkanes of at least 4 members (excludes halogenated alkanes) is 1. The lowest BCUT2D eigenvalue weighted by molar-refractivity contribution is 0.300. The summed E-state index contributed by atoms with van der Waals surface area (Å²) in [6.07, 6.45) is 3.06. The van der Waals surface area contributed by atoms with Gasteiger partial charge in [0.1, 0.15) is 5.54 Å². The quantitative estimate of drug-likeness (QED) is 0.610. The molecule has 0 aliphatic heterocycles. The lowest BCUT2D eigenvalue weighted by Crippen LogP contribution is -2.40. The number of nitriles is 1. The topological polar surface area (TPSA) is 56.0 Å². The maximum Gasteiger partial charge on any atom is 0.103 e. The molecule has 0 aromatic heterocycles. The van der Waals surface area contributed by atoms with E-state index in [9.17, 15) is 0 Å². The van der Waals surface area contributed by atoms with E-state index in [0.717, 1.165) is 31.6 Å². The Morgan fingerprint density at radius 2 is 2.19 bits per heavy atom. The smallest absolute Gasteiger partial charge is 0.103 e. The molecule has 0 bridgehead atoms. The minimum absolute atomic E-state index is 0.248. The van der Waals surface area contributed by atoms with Crippen LogP contribution in [0, 0.1) is 11.3 Å². The van der Waals surface area contributed by atoms with Gasteiger partial charge in [-0.2, -0.15) is 17.0 Å². The number of aliphatic hydroxyl groups is 1. The first kappa shape index (κ1) is 15.8. The lowest BCUT2D eigenvalue weighted by Gasteiger charge is -2.22. The van der Waals surface area contributed by atoms with E-state index in [1.54, 1.807) is 11.8 Å². The average Bonchev–Trinajstić information content (AvgIpc) is 2.28. The Labute approximate surface area is 104 Å². The predicted molar refractivity (Wildman–Crippen MR) is 70.6 cm³/mol. The highest BCUT2D eigenvalue weighted by atomic mass is 32.2. The SMILES string of the molecule is CCNC(C)(C#N)CCCCSC(C)CO. The molecule has 0 aromatic carbocycles. The maximum atomic E-state index is 9.05. The van der Waals surface area contributed by atoms with E-state index in [1.165, 1.54) is 0 Å². The van der Waals surface area contributed by atoms with Gasteiger partial charge in [-0.05, 0) is 38.5 Å². The molecule has 0 radical (unpaired) electrons.